The zero-order chi connectivity index (χ0) is 13.0. The third kappa shape index (κ3) is 2.61. The monoisotopic (exact) mass is 236 g/mol. The molecule has 0 atom stereocenters. The molecule has 0 saturated heterocycles. The summed E-state index contributed by atoms with van der Waals surface area (Å²) in [5, 5.41) is 11.0. The number of carbonyl (C=O) groups excluding carboxylic acids is 1. The predicted octanol–water partition coefficient (Wildman–Crippen LogP) is 2.39. The van der Waals surface area contributed by atoms with Gasteiger partial charge in [0.1, 0.15) is 5.56 Å². The minimum atomic E-state index is -0.494. The van der Waals surface area contributed by atoms with Crippen molar-refractivity contribution in [1.82, 2.24) is 4.90 Å². The van der Waals surface area contributed by atoms with E-state index in [0.717, 1.165) is 0 Å². The van der Waals surface area contributed by atoms with E-state index >= 15 is 0 Å². The Morgan fingerprint density at radius 2 is 1.94 bits per heavy atom. The van der Waals surface area contributed by atoms with Crippen molar-refractivity contribution in [3.63, 3.8) is 0 Å². The van der Waals surface area contributed by atoms with E-state index in [9.17, 15) is 14.9 Å². The molecular formula is C12H16N2O3. The molecule has 5 nitrogen and oxygen atoms in total. The lowest BCUT2D eigenvalue weighted by Gasteiger charge is -2.18. The molecule has 0 spiro atoms. The highest BCUT2D eigenvalue weighted by Gasteiger charge is 2.24. The number of amides is 1. The van der Waals surface area contributed by atoms with E-state index < -0.39 is 4.92 Å². The topological polar surface area (TPSA) is 63.5 Å². The van der Waals surface area contributed by atoms with E-state index in [4.69, 9.17) is 0 Å². The van der Waals surface area contributed by atoms with E-state index in [1.165, 1.54) is 6.07 Å². The molecule has 0 unspecified atom stereocenters. The fraction of sp³-hybridized carbons (Fsp3) is 0.417. The summed E-state index contributed by atoms with van der Waals surface area (Å²) >= 11 is 0. The zero-order valence-corrected chi connectivity index (χ0v) is 10.3. The normalized spacial score (nSPS) is 10.1. The van der Waals surface area contributed by atoms with Crippen molar-refractivity contribution in [1.29, 1.82) is 0 Å². The van der Waals surface area contributed by atoms with Crippen molar-refractivity contribution in [2.45, 2.75) is 20.8 Å². The summed E-state index contributed by atoms with van der Waals surface area (Å²) in [6, 6.07) is 4.81. The van der Waals surface area contributed by atoms with Crippen LogP contribution in [0.3, 0.4) is 0 Å². The molecule has 1 aromatic rings. The van der Waals surface area contributed by atoms with Crippen molar-refractivity contribution in [2.24, 2.45) is 0 Å². The lowest BCUT2D eigenvalue weighted by molar-refractivity contribution is -0.385. The number of para-hydroxylation sites is 1. The van der Waals surface area contributed by atoms with Crippen LogP contribution in [0.2, 0.25) is 0 Å². The molecule has 0 heterocycles. The molecule has 5 heteroatoms. The maximum Gasteiger partial charge on any atom is 0.285 e. The number of nitro groups is 1. The third-order valence-corrected chi connectivity index (χ3v) is 2.70. The average Bonchev–Trinajstić information content (AvgIpc) is 2.29. The number of nitrogens with zero attached hydrogens (tertiary/aromatic N) is 2. The van der Waals surface area contributed by atoms with Gasteiger partial charge in [-0.05, 0) is 26.8 Å². The standard InChI is InChI=1S/C12H16N2O3/c1-4-13(5-2)12(15)10-8-6-7-9(3)11(10)14(16)17/h6-8H,4-5H2,1-3H3. The van der Waals surface area contributed by atoms with Crippen molar-refractivity contribution in [3.05, 3.63) is 39.4 Å². The van der Waals surface area contributed by atoms with Crippen LogP contribution in [0.25, 0.3) is 0 Å². The number of benzene rings is 1. The summed E-state index contributed by atoms with van der Waals surface area (Å²) < 4.78 is 0. The van der Waals surface area contributed by atoms with Crippen LogP contribution >= 0.6 is 0 Å². The molecule has 0 aromatic heterocycles. The number of hydrogen-bond donors (Lipinski definition) is 0. The number of carbonyl (C=O) groups is 1. The Balaban J connectivity index is 3.26. The van der Waals surface area contributed by atoms with Gasteiger partial charge in [0, 0.05) is 18.7 Å². The third-order valence-electron chi connectivity index (χ3n) is 2.70. The van der Waals surface area contributed by atoms with Gasteiger partial charge in [0.05, 0.1) is 4.92 Å². The molecule has 1 rings (SSSR count). The number of nitro benzene ring substituents is 1. The van der Waals surface area contributed by atoms with Gasteiger partial charge in [-0.25, -0.2) is 0 Å². The van der Waals surface area contributed by atoms with Gasteiger partial charge in [-0.15, -0.1) is 0 Å². The Labute approximate surface area is 100 Å². The number of aryl methyl sites for hydroxylation is 1. The smallest absolute Gasteiger partial charge is 0.285 e. The maximum atomic E-state index is 12.1. The highest BCUT2D eigenvalue weighted by atomic mass is 16.6. The van der Waals surface area contributed by atoms with Gasteiger partial charge in [-0.1, -0.05) is 12.1 Å². The van der Waals surface area contributed by atoms with Gasteiger partial charge in [0.25, 0.3) is 11.6 Å². The van der Waals surface area contributed by atoms with Crippen molar-refractivity contribution in [2.75, 3.05) is 13.1 Å². The molecule has 17 heavy (non-hydrogen) atoms. The fourth-order valence-corrected chi connectivity index (χ4v) is 1.76. The molecule has 1 amide bonds. The maximum absolute atomic E-state index is 12.1. The van der Waals surface area contributed by atoms with Gasteiger partial charge in [0.15, 0.2) is 0 Å². The predicted molar refractivity (Wildman–Crippen MR) is 65.1 cm³/mol. The highest BCUT2D eigenvalue weighted by molar-refractivity contribution is 5.98. The Morgan fingerprint density at radius 1 is 1.35 bits per heavy atom. The molecule has 0 fully saturated rings. The first-order chi connectivity index (χ1) is 8.02. The van der Waals surface area contributed by atoms with Crippen LogP contribution < -0.4 is 0 Å². The van der Waals surface area contributed by atoms with E-state index in [-0.39, 0.29) is 17.2 Å². The Morgan fingerprint density at radius 3 is 2.41 bits per heavy atom. The summed E-state index contributed by atoms with van der Waals surface area (Å²) in [6.45, 7) is 6.42. The molecule has 0 aliphatic carbocycles. The van der Waals surface area contributed by atoms with Gasteiger partial charge < -0.3 is 4.90 Å². The second-order valence-corrected chi connectivity index (χ2v) is 3.71. The summed E-state index contributed by atoms with van der Waals surface area (Å²) in [4.78, 5) is 24.2. The summed E-state index contributed by atoms with van der Waals surface area (Å²) in [6.07, 6.45) is 0. The summed E-state index contributed by atoms with van der Waals surface area (Å²) in [5.41, 5.74) is 0.580. The molecule has 0 radical (unpaired) electrons. The molecule has 0 aliphatic heterocycles. The Kier molecular flexibility index (Phi) is 4.20. The van der Waals surface area contributed by atoms with E-state index in [1.54, 1.807) is 24.0 Å². The largest absolute Gasteiger partial charge is 0.339 e. The molecular weight excluding hydrogens is 220 g/mol. The van der Waals surface area contributed by atoms with Crippen LogP contribution in [0.15, 0.2) is 18.2 Å². The molecule has 1 aromatic carbocycles. The summed E-state index contributed by atoms with van der Waals surface area (Å²) in [7, 11) is 0. The van der Waals surface area contributed by atoms with E-state index in [2.05, 4.69) is 0 Å². The van der Waals surface area contributed by atoms with Crippen LogP contribution in [-0.4, -0.2) is 28.8 Å². The molecule has 0 bridgehead atoms. The molecule has 92 valence electrons. The second kappa shape index (κ2) is 5.43. The van der Waals surface area contributed by atoms with Crippen molar-refractivity contribution in [3.8, 4) is 0 Å². The first-order valence-corrected chi connectivity index (χ1v) is 5.56. The second-order valence-electron chi connectivity index (χ2n) is 3.71. The first-order valence-electron chi connectivity index (χ1n) is 5.56. The van der Waals surface area contributed by atoms with Crippen LogP contribution in [0, 0.1) is 17.0 Å². The molecule has 0 saturated carbocycles. The van der Waals surface area contributed by atoms with Gasteiger partial charge in [-0.2, -0.15) is 0 Å². The van der Waals surface area contributed by atoms with Gasteiger partial charge in [0.2, 0.25) is 0 Å². The fourth-order valence-electron chi connectivity index (χ4n) is 1.76. The van der Waals surface area contributed by atoms with Crippen LogP contribution in [0.1, 0.15) is 29.8 Å². The SMILES string of the molecule is CCN(CC)C(=O)c1cccc(C)c1[N+](=O)[O-]. The number of hydrogen-bond acceptors (Lipinski definition) is 3. The van der Waals surface area contributed by atoms with Crippen molar-refractivity contribution >= 4 is 11.6 Å². The Hall–Kier alpha value is -1.91. The molecule has 0 aliphatic rings. The summed E-state index contributed by atoms with van der Waals surface area (Å²) in [5.74, 6) is -0.287. The Bertz CT molecular complexity index is 439. The van der Waals surface area contributed by atoms with Crippen LogP contribution in [0.4, 0.5) is 5.69 Å². The number of rotatable bonds is 4. The minimum Gasteiger partial charge on any atom is -0.339 e. The van der Waals surface area contributed by atoms with Crippen LogP contribution in [0.5, 0.6) is 0 Å². The zero-order valence-electron chi connectivity index (χ0n) is 10.3. The van der Waals surface area contributed by atoms with Crippen molar-refractivity contribution < 1.29 is 9.72 Å². The van der Waals surface area contributed by atoms with Crippen LogP contribution in [-0.2, 0) is 0 Å². The lowest BCUT2D eigenvalue weighted by atomic mass is 10.1. The quantitative estimate of drug-likeness (QED) is 0.595. The van der Waals surface area contributed by atoms with E-state index in [0.29, 0.717) is 18.7 Å². The highest BCUT2D eigenvalue weighted by Crippen LogP contribution is 2.24. The van der Waals surface area contributed by atoms with Gasteiger partial charge in [-0.3, -0.25) is 14.9 Å². The minimum absolute atomic E-state index is 0.0931. The first kappa shape index (κ1) is 13.2. The average molecular weight is 236 g/mol. The molecule has 0 N–H and O–H groups in total. The lowest BCUT2D eigenvalue weighted by Crippen LogP contribution is -2.31. The van der Waals surface area contributed by atoms with E-state index in [1.807, 2.05) is 13.8 Å². The van der Waals surface area contributed by atoms with Gasteiger partial charge >= 0.3 is 0 Å².